The summed E-state index contributed by atoms with van der Waals surface area (Å²) in [5.74, 6) is 0.421. The van der Waals surface area contributed by atoms with Crippen LogP contribution in [0.5, 0.6) is 5.75 Å². The highest BCUT2D eigenvalue weighted by Crippen LogP contribution is 2.42. The fraction of sp³-hybridized carbons (Fsp3) is 0.577. The number of rotatable bonds is 5. The van der Waals surface area contributed by atoms with Crippen LogP contribution in [0.1, 0.15) is 69.8 Å². The van der Waals surface area contributed by atoms with Gasteiger partial charge in [0.2, 0.25) is 0 Å². The molecule has 1 aliphatic heterocycles. The number of phenolic OH excluding ortho intramolecular Hbond substituents is 1. The van der Waals surface area contributed by atoms with E-state index in [1.165, 1.54) is 11.1 Å². The number of aliphatic hydroxyl groups excluding tert-OH is 1. The minimum atomic E-state index is -0.164. The van der Waals surface area contributed by atoms with Crippen LogP contribution in [0.2, 0.25) is 0 Å². The van der Waals surface area contributed by atoms with Gasteiger partial charge in [-0.1, -0.05) is 41.5 Å². The van der Waals surface area contributed by atoms with Crippen LogP contribution in [0.25, 0.3) is 0 Å². The van der Waals surface area contributed by atoms with Crippen LogP contribution in [0.3, 0.4) is 0 Å². The van der Waals surface area contributed by atoms with Gasteiger partial charge in [-0.2, -0.15) is 0 Å². The molecule has 0 unspecified atom stereocenters. The molecule has 0 amide bonds. The number of aromatic hydroxyl groups is 1. The Morgan fingerprint density at radius 3 is 1.84 bits per heavy atom. The topological polar surface area (TPSA) is 59.8 Å². The van der Waals surface area contributed by atoms with E-state index in [9.17, 15) is 10.2 Å². The molecule has 0 radical (unpaired) electrons. The van der Waals surface area contributed by atoms with Gasteiger partial charge < -0.3 is 10.2 Å². The maximum atomic E-state index is 11.2. The van der Waals surface area contributed by atoms with E-state index < -0.39 is 0 Å². The van der Waals surface area contributed by atoms with E-state index in [0.717, 1.165) is 43.9 Å². The van der Waals surface area contributed by atoms with Gasteiger partial charge in [0.05, 0.1) is 12.6 Å². The van der Waals surface area contributed by atoms with E-state index in [1.807, 2.05) is 12.4 Å². The van der Waals surface area contributed by atoms with Gasteiger partial charge >= 0.3 is 0 Å². The van der Waals surface area contributed by atoms with Crippen LogP contribution in [0.15, 0.2) is 36.7 Å². The number of aliphatic hydroxyl groups is 1. The monoisotopic (exact) mass is 425 g/mol. The normalized spacial score (nSPS) is 17.6. The number of pyridine rings is 1. The van der Waals surface area contributed by atoms with E-state index in [-0.39, 0.29) is 23.5 Å². The van der Waals surface area contributed by atoms with E-state index in [0.29, 0.717) is 5.75 Å². The molecule has 1 aromatic carbocycles. The molecule has 1 saturated heterocycles. The molecule has 2 aromatic rings. The third-order valence-electron chi connectivity index (χ3n) is 6.27. The van der Waals surface area contributed by atoms with Gasteiger partial charge in [-0.15, -0.1) is 0 Å². The largest absolute Gasteiger partial charge is 0.507 e. The Balaban J connectivity index is 2.11. The Kier molecular flexibility index (Phi) is 7.09. The Hall–Kier alpha value is -1.95. The third kappa shape index (κ3) is 5.46. The molecular weight excluding hydrogens is 386 g/mol. The maximum absolute atomic E-state index is 11.2. The predicted molar refractivity (Wildman–Crippen MR) is 127 cm³/mol. The third-order valence-corrected chi connectivity index (χ3v) is 6.27. The zero-order valence-electron chi connectivity index (χ0n) is 20.0. The highest BCUT2D eigenvalue weighted by Gasteiger charge is 2.31. The number of β-amino-alcohol motifs (C(OH)–C–C–N with tert-alkyl or cyclic N) is 1. The summed E-state index contributed by atoms with van der Waals surface area (Å²) in [7, 11) is 0. The fourth-order valence-corrected chi connectivity index (χ4v) is 4.50. The Bertz CT molecular complexity index is 825. The van der Waals surface area contributed by atoms with Crippen molar-refractivity contribution >= 4 is 0 Å². The van der Waals surface area contributed by atoms with Crippen molar-refractivity contribution in [2.45, 2.75) is 58.4 Å². The lowest BCUT2D eigenvalue weighted by atomic mass is 9.77. The maximum Gasteiger partial charge on any atom is 0.123 e. The average Bonchev–Trinajstić information content (AvgIpc) is 2.70. The highest BCUT2D eigenvalue weighted by molar-refractivity contribution is 5.51. The first-order valence-electron chi connectivity index (χ1n) is 11.4. The van der Waals surface area contributed by atoms with Crippen LogP contribution >= 0.6 is 0 Å². The first kappa shape index (κ1) is 23.7. The van der Waals surface area contributed by atoms with Crippen molar-refractivity contribution in [3.63, 3.8) is 0 Å². The predicted octanol–water partition coefficient (Wildman–Crippen LogP) is 4.08. The standard InChI is InChI=1S/C26H39N3O2/c1-25(2,3)21-17-20(18-22(24(21)31)26(4,5)6)23(19-7-9-27-10-8-19)29-13-11-28(12-14-29)15-16-30/h7-10,17-18,23,30-31H,11-16H2,1-6H3/t23-/m0/s1. The second-order valence-corrected chi connectivity index (χ2v) is 10.7. The molecule has 0 bridgehead atoms. The minimum Gasteiger partial charge on any atom is -0.507 e. The Morgan fingerprint density at radius 2 is 1.39 bits per heavy atom. The highest BCUT2D eigenvalue weighted by atomic mass is 16.3. The molecule has 170 valence electrons. The molecule has 5 heteroatoms. The van der Waals surface area contributed by atoms with Crippen LogP contribution in [0.4, 0.5) is 0 Å². The quantitative estimate of drug-likeness (QED) is 0.756. The second kappa shape index (κ2) is 9.27. The molecule has 0 spiro atoms. The SMILES string of the molecule is CC(C)(C)c1cc([C@H](c2ccncc2)N2CCN(CCO)CC2)cc(C(C)(C)C)c1O. The molecule has 3 rings (SSSR count). The van der Waals surface area contributed by atoms with Crippen molar-refractivity contribution in [2.24, 2.45) is 0 Å². The van der Waals surface area contributed by atoms with Crippen molar-refractivity contribution < 1.29 is 10.2 Å². The van der Waals surface area contributed by atoms with E-state index in [2.05, 4.69) is 80.6 Å². The van der Waals surface area contributed by atoms with Crippen LogP contribution in [0, 0.1) is 0 Å². The fourth-order valence-electron chi connectivity index (χ4n) is 4.50. The molecule has 31 heavy (non-hydrogen) atoms. The summed E-state index contributed by atoms with van der Waals surface area (Å²) in [6.45, 7) is 17.7. The zero-order valence-corrected chi connectivity index (χ0v) is 20.0. The van der Waals surface area contributed by atoms with Crippen molar-refractivity contribution in [1.29, 1.82) is 0 Å². The summed E-state index contributed by atoms with van der Waals surface area (Å²) in [4.78, 5) is 9.08. The van der Waals surface area contributed by atoms with Gasteiger partial charge in [0.15, 0.2) is 0 Å². The van der Waals surface area contributed by atoms with Gasteiger partial charge in [0.1, 0.15) is 5.75 Å². The molecule has 1 aliphatic rings. The van der Waals surface area contributed by atoms with Crippen molar-refractivity contribution in [3.8, 4) is 5.75 Å². The molecule has 0 saturated carbocycles. The van der Waals surface area contributed by atoms with E-state index in [1.54, 1.807) is 0 Å². The van der Waals surface area contributed by atoms with E-state index in [4.69, 9.17) is 0 Å². The molecule has 1 aromatic heterocycles. The molecule has 5 nitrogen and oxygen atoms in total. The van der Waals surface area contributed by atoms with Crippen molar-refractivity contribution in [1.82, 2.24) is 14.8 Å². The molecule has 2 heterocycles. The number of piperazine rings is 1. The lowest BCUT2D eigenvalue weighted by molar-refractivity contribution is 0.0943. The van der Waals surface area contributed by atoms with E-state index >= 15 is 0 Å². The number of benzene rings is 1. The Morgan fingerprint density at radius 1 is 0.871 bits per heavy atom. The summed E-state index contributed by atoms with van der Waals surface area (Å²) < 4.78 is 0. The van der Waals surface area contributed by atoms with Crippen LogP contribution in [-0.4, -0.2) is 64.3 Å². The molecular formula is C26H39N3O2. The summed E-state index contributed by atoms with van der Waals surface area (Å²) in [6, 6.07) is 8.71. The Labute approximate surface area is 187 Å². The lowest BCUT2D eigenvalue weighted by Gasteiger charge is -2.40. The summed E-state index contributed by atoms with van der Waals surface area (Å²) >= 11 is 0. The number of aromatic nitrogens is 1. The minimum absolute atomic E-state index is 0.0991. The summed E-state index contributed by atoms with van der Waals surface area (Å²) in [5, 5.41) is 20.5. The summed E-state index contributed by atoms with van der Waals surface area (Å²) in [6.07, 6.45) is 3.72. The first-order chi connectivity index (χ1) is 14.5. The first-order valence-corrected chi connectivity index (χ1v) is 11.4. The molecule has 1 atom stereocenters. The van der Waals surface area contributed by atoms with Crippen LogP contribution < -0.4 is 0 Å². The molecule has 1 fully saturated rings. The number of phenols is 1. The zero-order chi connectivity index (χ0) is 22.8. The van der Waals surface area contributed by atoms with Gasteiger partial charge in [0.25, 0.3) is 0 Å². The molecule has 2 N–H and O–H groups in total. The van der Waals surface area contributed by atoms with Gasteiger partial charge in [-0.05, 0) is 57.3 Å². The van der Waals surface area contributed by atoms with Crippen molar-refractivity contribution in [3.05, 3.63) is 58.9 Å². The molecule has 0 aliphatic carbocycles. The smallest absolute Gasteiger partial charge is 0.123 e. The van der Waals surface area contributed by atoms with Crippen molar-refractivity contribution in [2.75, 3.05) is 39.3 Å². The van der Waals surface area contributed by atoms with Crippen LogP contribution in [-0.2, 0) is 10.8 Å². The van der Waals surface area contributed by atoms with Gasteiger partial charge in [-0.3, -0.25) is 14.8 Å². The van der Waals surface area contributed by atoms with Gasteiger partial charge in [-0.25, -0.2) is 0 Å². The average molecular weight is 426 g/mol. The van der Waals surface area contributed by atoms with Gasteiger partial charge in [0, 0.05) is 45.1 Å². The number of nitrogens with zero attached hydrogens (tertiary/aromatic N) is 3. The second-order valence-electron chi connectivity index (χ2n) is 10.7. The lowest BCUT2D eigenvalue weighted by Crippen LogP contribution is -2.48. The number of hydrogen-bond donors (Lipinski definition) is 2. The summed E-state index contributed by atoms with van der Waals surface area (Å²) in [5.41, 5.74) is 4.09. The number of hydrogen-bond acceptors (Lipinski definition) is 5.